The van der Waals surface area contributed by atoms with Gasteiger partial charge in [0.2, 0.25) is 5.88 Å². The number of benzene rings is 1. The highest BCUT2D eigenvalue weighted by atomic mass is 35.5. The number of carbonyl (C=O) groups excluding carboxylic acids is 1. The third kappa shape index (κ3) is 5.63. The molecule has 1 aliphatic carbocycles. The zero-order valence-corrected chi connectivity index (χ0v) is 17.6. The molecule has 160 valence electrons. The van der Waals surface area contributed by atoms with Crippen molar-refractivity contribution in [3.8, 4) is 11.6 Å². The third-order valence-corrected chi connectivity index (χ3v) is 5.30. The van der Waals surface area contributed by atoms with Gasteiger partial charge in [-0.2, -0.15) is 0 Å². The standard InChI is InChI=1S/C22H25ClN2O5/c1-29-19-11-14(7-8-17(19)22(27)28)9-10-24-20(26)18-12-15(23)13-25-21(18)30-16-5-3-2-4-6-16/h7-8,11-13,16H,2-6,9-10H2,1H3,(H,24,26)(H,27,28). The minimum atomic E-state index is -1.05. The fourth-order valence-electron chi connectivity index (χ4n) is 3.51. The molecular weight excluding hydrogens is 408 g/mol. The van der Waals surface area contributed by atoms with Crippen LogP contribution in [0.3, 0.4) is 0 Å². The Bertz CT molecular complexity index is 912. The smallest absolute Gasteiger partial charge is 0.339 e. The molecule has 3 rings (SSSR count). The average molecular weight is 433 g/mol. The van der Waals surface area contributed by atoms with Crippen LogP contribution in [-0.4, -0.2) is 41.7 Å². The number of hydrogen-bond donors (Lipinski definition) is 2. The maximum absolute atomic E-state index is 12.7. The summed E-state index contributed by atoms with van der Waals surface area (Å²) < 4.78 is 11.1. The molecule has 0 aliphatic heterocycles. The number of carbonyl (C=O) groups is 2. The Morgan fingerprint density at radius 3 is 2.67 bits per heavy atom. The van der Waals surface area contributed by atoms with Crippen LogP contribution >= 0.6 is 11.6 Å². The zero-order chi connectivity index (χ0) is 21.5. The van der Waals surface area contributed by atoms with E-state index in [2.05, 4.69) is 10.3 Å². The van der Waals surface area contributed by atoms with Crippen LogP contribution in [0.1, 0.15) is 58.4 Å². The monoisotopic (exact) mass is 432 g/mol. The van der Waals surface area contributed by atoms with E-state index in [9.17, 15) is 9.59 Å². The lowest BCUT2D eigenvalue weighted by atomic mass is 9.98. The van der Waals surface area contributed by atoms with Gasteiger partial charge in [0.05, 0.1) is 12.1 Å². The van der Waals surface area contributed by atoms with Crippen LogP contribution in [0.15, 0.2) is 30.5 Å². The van der Waals surface area contributed by atoms with Crippen molar-refractivity contribution in [2.75, 3.05) is 13.7 Å². The van der Waals surface area contributed by atoms with Gasteiger partial charge in [-0.15, -0.1) is 0 Å². The maximum Gasteiger partial charge on any atom is 0.339 e. The second kappa shape index (κ2) is 10.3. The number of aromatic nitrogens is 1. The van der Waals surface area contributed by atoms with Gasteiger partial charge in [-0.05, 0) is 55.9 Å². The largest absolute Gasteiger partial charge is 0.496 e. The number of halogens is 1. The summed E-state index contributed by atoms with van der Waals surface area (Å²) >= 11 is 6.05. The number of rotatable bonds is 8. The molecule has 8 heteroatoms. The molecule has 7 nitrogen and oxygen atoms in total. The average Bonchev–Trinajstić information content (AvgIpc) is 2.75. The zero-order valence-electron chi connectivity index (χ0n) is 16.8. The van der Waals surface area contributed by atoms with Crippen molar-refractivity contribution in [2.45, 2.75) is 44.6 Å². The summed E-state index contributed by atoms with van der Waals surface area (Å²) in [5.41, 5.74) is 1.26. The van der Waals surface area contributed by atoms with Crippen LogP contribution in [0.5, 0.6) is 11.6 Å². The quantitative estimate of drug-likeness (QED) is 0.651. The van der Waals surface area contributed by atoms with Gasteiger partial charge >= 0.3 is 5.97 Å². The van der Waals surface area contributed by atoms with E-state index < -0.39 is 5.97 Å². The molecule has 1 amide bonds. The highest BCUT2D eigenvalue weighted by molar-refractivity contribution is 6.30. The van der Waals surface area contributed by atoms with E-state index in [1.807, 2.05) is 0 Å². The molecule has 0 saturated heterocycles. The Labute approximate surface area is 180 Å². The molecule has 1 aromatic carbocycles. The van der Waals surface area contributed by atoms with Crippen LogP contribution in [0.25, 0.3) is 0 Å². The van der Waals surface area contributed by atoms with E-state index in [1.165, 1.54) is 25.8 Å². The van der Waals surface area contributed by atoms with E-state index in [0.717, 1.165) is 31.2 Å². The van der Waals surface area contributed by atoms with Crippen molar-refractivity contribution in [3.05, 3.63) is 52.2 Å². The van der Waals surface area contributed by atoms with E-state index in [0.29, 0.717) is 29.4 Å². The first kappa shape index (κ1) is 21.9. The minimum absolute atomic E-state index is 0.0687. The second-order valence-corrected chi connectivity index (χ2v) is 7.67. The topological polar surface area (TPSA) is 97.8 Å². The summed E-state index contributed by atoms with van der Waals surface area (Å²) in [5.74, 6) is -0.777. The van der Waals surface area contributed by atoms with Crippen molar-refractivity contribution in [1.29, 1.82) is 0 Å². The second-order valence-electron chi connectivity index (χ2n) is 7.23. The van der Waals surface area contributed by atoms with Crippen LogP contribution in [-0.2, 0) is 6.42 Å². The fraction of sp³-hybridized carbons (Fsp3) is 0.409. The van der Waals surface area contributed by atoms with Crippen molar-refractivity contribution < 1.29 is 24.2 Å². The van der Waals surface area contributed by atoms with Crippen molar-refractivity contribution in [2.24, 2.45) is 0 Å². The number of hydrogen-bond acceptors (Lipinski definition) is 5. The van der Waals surface area contributed by atoms with Gasteiger partial charge in [-0.1, -0.05) is 24.1 Å². The first-order valence-corrected chi connectivity index (χ1v) is 10.4. The molecule has 1 aliphatic rings. The van der Waals surface area contributed by atoms with Crippen molar-refractivity contribution in [3.63, 3.8) is 0 Å². The number of amides is 1. The Morgan fingerprint density at radius 2 is 1.97 bits per heavy atom. The summed E-state index contributed by atoms with van der Waals surface area (Å²) in [5, 5.41) is 12.4. The molecule has 0 unspecified atom stereocenters. The molecule has 1 aromatic heterocycles. The van der Waals surface area contributed by atoms with Gasteiger partial charge < -0.3 is 19.9 Å². The molecule has 2 N–H and O–H groups in total. The minimum Gasteiger partial charge on any atom is -0.496 e. The molecule has 0 atom stereocenters. The lowest BCUT2D eigenvalue weighted by molar-refractivity contribution is 0.0693. The molecule has 1 saturated carbocycles. The van der Waals surface area contributed by atoms with Crippen LogP contribution in [0, 0.1) is 0 Å². The predicted molar refractivity (Wildman–Crippen MR) is 113 cm³/mol. The Hall–Kier alpha value is -2.80. The number of pyridine rings is 1. The molecule has 0 bridgehead atoms. The van der Waals surface area contributed by atoms with Gasteiger partial charge in [0.1, 0.15) is 23.0 Å². The van der Waals surface area contributed by atoms with Crippen LogP contribution in [0.2, 0.25) is 5.02 Å². The normalized spacial score (nSPS) is 14.2. The van der Waals surface area contributed by atoms with E-state index in [-0.39, 0.29) is 23.3 Å². The molecular formula is C22H25ClN2O5. The number of aromatic carboxylic acids is 1. The maximum atomic E-state index is 12.7. The van der Waals surface area contributed by atoms with Gasteiger partial charge in [-0.3, -0.25) is 4.79 Å². The lowest BCUT2D eigenvalue weighted by Crippen LogP contribution is -2.28. The van der Waals surface area contributed by atoms with Gasteiger partial charge in [0, 0.05) is 12.7 Å². The third-order valence-electron chi connectivity index (χ3n) is 5.09. The number of carboxylic acid groups (broad SMARTS) is 1. The predicted octanol–water partition coefficient (Wildman–Crippen LogP) is 4.13. The first-order chi connectivity index (χ1) is 14.5. The van der Waals surface area contributed by atoms with E-state index >= 15 is 0 Å². The SMILES string of the molecule is COc1cc(CCNC(=O)c2cc(Cl)cnc2OC2CCCCC2)ccc1C(=O)O. The number of carboxylic acids is 1. The number of nitrogens with one attached hydrogen (secondary N) is 1. The highest BCUT2D eigenvalue weighted by Gasteiger charge is 2.21. The number of ether oxygens (including phenoxy) is 2. The number of methoxy groups -OCH3 is 1. The van der Waals surface area contributed by atoms with Crippen molar-refractivity contribution in [1.82, 2.24) is 10.3 Å². The molecule has 0 radical (unpaired) electrons. The fourth-order valence-corrected chi connectivity index (χ4v) is 3.67. The summed E-state index contributed by atoms with van der Waals surface area (Å²) in [7, 11) is 1.42. The molecule has 0 spiro atoms. The van der Waals surface area contributed by atoms with E-state index in [1.54, 1.807) is 18.2 Å². The molecule has 2 aromatic rings. The van der Waals surface area contributed by atoms with E-state index in [4.69, 9.17) is 26.2 Å². The highest BCUT2D eigenvalue weighted by Crippen LogP contribution is 2.26. The summed E-state index contributed by atoms with van der Waals surface area (Å²) in [6.45, 7) is 0.351. The summed E-state index contributed by atoms with van der Waals surface area (Å²) in [6.07, 6.45) is 7.41. The Morgan fingerprint density at radius 1 is 1.20 bits per heavy atom. The summed E-state index contributed by atoms with van der Waals surface area (Å²) in [4.78, 5) is 28.1. The summed E-state index contributed by atoms with van der Waals surface area (Å²) in [6, 6.07) is 6.42. The first-order valence-electron chi connectivity index (χ1n) is 9.98. The Kier molecular flexibility index (Phi) is 7.52. The van der Waals surface area contributed by atoms with Gasteiger partial charge in [0.15, 0.2) is 0 Å². The molecule has 1 heterocycles. The number of nitrogens with zero attached hydrogens (tertiary/aromatic N) is 1. The molecule has 1 fully saturated rings. The molecule has 30 heavy (non-hydrogen) atoms. The van der Waals surface area contributed by atoms with Gasteiger partial charge in [-0.25, -0.2) is 9.78 Å². The van der Waals surface area contributed by atoms with Crippen molar-refractivity contribution >= 4 is 23.5 Å². The Balaban J connectivity index is 1.63. The lowest BCUT2D eigenvalue weighted by Gasteiger charge is -2.23. The van der Waals surface area contributed by atoms with Crippen LogP contribution in [0.4, 0.5) is 0 Å². The van der Waals surface area contributed by atoms with Gasteiger partial charge in [0.25, 0.3) is 5.91 Å². The van der Waals surface area contributed by atoms with Crippen LogP contribution < -0.4 is 14.8 Å².